The van der Waals surface area contributed by atoms with E-state index in [1.165, 1.54) is 23.1 Å². The highest BCUT2D eigenvalue weighted by molar-refractivity contribution is 7.99. The Labute approximate surface area is 220 Å². The quantitative estimate of drug-likeness (QED) is 0.317. The van der Waals surface area contributed by atoms with Gasteiger partial charge in [0.1, 0.15) is 5.76 Å². The van der Waals surface area contributed by atoms with E-state index in [-0.39, 0.29) is 12.2 Å². The summed E-state index contributed by atoms with van der Waals surface area (Å²) in [7, 11) is 0. The van der Waals surface area contributed by atoms with Crippen molar-refractivity contribution < 1.29 is 13.9 Å². The lowest BCUT2D eigenvalue weighted by Gasteiger charge is -2.24. The number of rotatable bonds is 6. The highest BCUT2D eigenvalue weighted by Gasteiger charge is 2.33. The highest BCUT2D eigenvalue weighted by Crippen LogP contribution is 2.31. The molecule has 0 fully saturated rings. The van der Waals surface area contributed by atoms with Crippen molar-refractivity contribution in [3.8, 4) is 0 Å². The molecule has 1 atom stereocenters. The molecule has 0 unspecified atom stereocenters. The van der Waals surface area contributed by atoms with Crippen LogP contribution in [-0.2, 0) is 9.53 Å². The van der Waals surface area contributed by atoms with E-state index in [9.17, 15) is 9.59 Å². The second kappa shape index (κ2) is 10.3. The Bertz CT molecular complexity index is 1630. The summed E-state index contributed by atoms with van der Waals surface area (Å²) in [6.45, 7) is 3.76. The lowest BCUT2D eigenvalue weighted by atomic mass is 9.96. The van der Waals surface area contributed by atoms with E-state index in [0.29, 0.717) is 36.5 Å². The van der Waals surface area contributed by atoms with Gasteiger partial charge in [-0.3, -0.25) is 9.36 Å². The van der Waals surface area contributed by atoms with Crippen LogP contribution in [0.2, 0.25) is 5.02 Å². The molecule has 6 nitrogen and oxygen atoms in total. The van der Waals surface area contributed by atoms with Crippen molar-refractivity contribution in [3.05, 3.63) is 114 Å². The zero-order valence-electron chi connectivity index (χ0n) is 19.4. The summed E-state index contributed by atoms with van der Waals surface area (Å²) >= 11 is 8.69. The van der Waals surface area contributed by atoms with Crippen LogP contribution in [0.5, 0.6) is 0 Å². The van der Waals surface area contributed by atoms with Crippen molar-refractivity contribution in [1.82, 2.24) is 4.57 Å². The molecule has 2 aromatic carbocycles. The number of benzene rings is 2. The average molecular weight is 537 g/mol. The number of esters is 1. The molecule has 182 valence electrons. The molecule has 1 aliphatic heterocycles. The summed E-state index contributed by atoms with van der Waals surface area (Å²) in [6, 6.07) is 20.0. The van der Waals surface area contributed by atoms with E-state index in [1.54, 1.807) is 24.5 Å². The van der Waals surface area contributed by atoms with Crippen molar-refractivity contribution in [2.45, 2.75) is 29.9 Å². The van der Waals surface area contributed by atoms with Gasteiger partial charge in [-0.2, -0.15) is 0 Å². The molecule has 3 heterocycles. The molecule has 0 bridgehead atoms. The molecule has 1 aliphatic rings. The molecule has 0 aliphatic carbocycles. The van der Waals surface area contributed by atoms with Crippen LogP contribution in [0.25, 0.3) is 6.08 Å². The van der Waals surface area contributed by atoms with Gasteiger partial charge < -0.3 is 9.15 Å². The maximum atomic E-state index is 13.6. The Morgan fingerprint density at radius 2 is 1.92 bits per heavy atom. The molecule has 5 rings (SSSR count). The predicted octanol–water partition coefficient (Wildman–Crippen LogP) is 5.20. The number of furan rings is 1. The van der Waals surface area contributed by atoms with Crippen LogP contribution in [0.15, 0.2) is 102 Å². The fraction of sp³-hybridized carbons (Fsp3) is 0.148. The van der Waals surface area contributed by atoms with Crippen LogP contribution in [0.4, 0.5) is 0 Å². The molecule has 2 aromatic heterocycles. The van der Waals surface area contributed by atoms with Gasteiger partial charge in [-0.25, -0.2) is 9.79 Å². The molecule has 0 saturated heterocycles. The minimum Gasteiger partial charge on any atom is -0.463 e. The van der Waals surface area contributed by atoms with Gasteiger partial charge in [-0.05, 0) is 55.8 Å². The zero-order valence-corrected chi connectivity index (χ0v) is 21.8. The number of allylic oxidation sites excluding steroid dienone is 1. The maximum Gasteiger partial charge on any atom is 0.338 e. The van der Waals surface area contributed by atoms with Crippen molar-refractivity contribution in [2.24, 2.45) is 4.99 Å². The number of carbonyl (C=O) groups excluding carboxylic acids is 1. The van der Waals surface area contributed by atoms with Crippen molar-refractivity contribution in [1.29, 1.82) is 0 Å². The first-order chi connectivity index (χ1) is 17.4. The zero-order chi connectivity index (χ0) is 25.2. The van der Waals surface area contributed by atoms with Gasteiger partial charge in [-0.15, -0.1) is 0 Å². The van der Waals surface area contributed by atoms with E-state index in [2.05, 4.69) is 4.99 Å². The summed E-state index contributed by atoms with van der Waals surface area (Å²) in [5, 5.41) is 1.36. The minimum atomic E-state index is -0.628. The van der Waals surface area contributed by atoms with Gasteiger partial charge in [0.25, 0.3) is 5.56 Å². The lowest BCUT2D eigenvalue weighted by molar-refractivity contribution is -0.139. The largest absolute Gasteiger partial charge is 0.463 e. The fourth-order valence-electron chi connectivity index (χ4n) is 3.96. The summed E-state index contributed by atoms with van der Waals surface area (Å²) < 4.78 is 13.3. The van der Waals surface area contributed by atoms with Gasteiger partial charge in [0.05, 0.1) is 28.5 Å². The highest BCUT2D eigenvalue weighted by atomic mass is 35.5. The second-order valence-electron chi connectivity index (χ2n) is 7.93. The minimum absolute atomic E-state index is 0.233. The molecule has 36 heavy (non-hydrogen) atoms. The Balaban J connectivity index is 1.56. The van der Waals surface area contributed by atoms with E-state index in [0.717, 1.165) is 10.5 Å². The number of carbonyl (C=O) groups is 1. The van der Waals surface area contributed by atoms with Crippen LogP contribution >= 0.6 is 34.7 Å². The number of nitrogens with zero attached hydrogens (tertiary/aromatic N) is 2. The fourth-order valence-corrected chi connectivity index (χ4v) is 5.89. The van der Waals surface area contributed by atoms with Crippen LogP contribution in [0, 0.1) is 0 Å². The molecule has 4 aromatic rings. The first kappa shape index (κ1) is 24.4. The number of aromatic nitrogens is 1. The lowest BCUT2D eigenvalue weighted by Crippen LogP contribution is -2.39. The summed E-state index contributed by atoms with van der Waals surface area (Å²) in [5.74, 6) is 0.0751. The number of hydrogen-bond acceptors (Lipinski definition) is 7. The Morgan fingerprint density at radius 1 is 1.17 bits per heavy atom. The molecule has 0 N–H and O–H groups in total. The van der Waals surface area contributed by atoms with Crippen molar-refractivity contribution >= 4 is 46.7 Å². The van der Waals surface area contributed by atoms with Crippen LogP contribution in [-0.4, -0.2) is 17.1 Å². The average Bonchev–Trinajstić information content (AvgIpc) is 3.44. The van der Waals surface area contributed by atoms with E-state index in [4.69, 9.17) is 20.8 Å². The molecular weight excluding hydrogens is 516 g/mol. The molecule has 0 amide bonds. The normalized spacial score (nSPS) is 15.5. The summed E-state index contributed by atoms with van der Waals surface area (Å²) in [4.78, 5) is 32.6. The number of thiazole rings is 1. The summed E-state index contributed by atoms with van der Waals surface area (Å²) in [6.07, 6.45) is 1.71. The molecule has 0 spiro atoms. The molecule has 9 heteroatoms. The molecular formula is C27H21ClN2O4S2. The number of ether oxygens (including phenoxy) is 1. The standard InChI is InChI=1S/C27H21ClN2O4S2/c1-3-33-26(32)23-16(2)29-27-30(24(23)17-7-5-4-6-8-17)25(31)21(36-27)15-19-11-14-22(34-19)35-20-12-9-18(28)10-13-20/h4-15,24H,3H2,1-2H3/b21-15-/t24-/m0/s1. The van der Waals surface area contributed by atoms with E-state index in [1.807, 2.05) is 66.7 Å². The van der Waals surface area contributed by atoms with Crippen molar-refractivity contribution in [2.75, 3.05) is 6.61 Å². The third-order valence-electron chi connectivity index (χ3n) is 5.54. The molecule has 0 radical (unpaired) electrons. The number of hydrogen-bond donors (Lipinski definition) is 0. The SMILES string of the molecule is CCOC(=O)C1=C(C)N=c2s/c(=C\c3ccc(Sc4ccc(Cl)cc4)o3)c(=O)n2[C@H]1c1ccccc1. The predicted molar refractivity (Wildman–Crippen MR) is 141 cm³/mol. The third kappa shape index (κ3) is 4.84. The van der Waals surface area contributed by atoms with E-state index >= 15 is 0 Å². The monoisotopic (exact) mass is 536 g/mol. The third-order valence-corrected chi connectivity index (χ3v) is 7.70. The first-order valence-electron chi connectivity index (χ1n) is 11.2. The van der Waals surface area contributed by atoms with Gasteiger partial charge in [0, 0.05) is 16.0 Å². The topological polar surface area (TPSA) is 73.8 Å². The Kier molecular flexibility index (Phi) is 7.00. The Morgan fingerprint density at radius 3 is 2.64 bits per heavy atom. The molecule has 0 saturated carbocycles. The van der Waals surface area contributed by atoms with Gasteiger partial charge in [-0.1, -0.05) is 65.0 Å². The van der Waals surface area contributed by atoms with Gasteiger partial charge in [0.2, 0.25) is 0 Å². The van der Waals surface area contributed by atoms with Crippen LogP contribution < -0.4 is 14.9 Å². The van der Waals surface area contributed by atoms with Crippen LogP contribution in [0.1, 0.15) is 31.2 Å². The second-order valence-corrected chi connectivity index (χ2v) is 10.4. The Hall–Kier alpha value is -3.33. The van der Waals surface area contributed by atoms with Crippen molar-refractivity contribution in [3.63, 3.8) is 0 Å². The van der Waals surface area contributed by atoms with Crippen LogP contribution in [0.3, 0.4) is 0 Å². The van der Waals surface area contributed by atoms with Gasteiger partial charge in [0.15, 0.2) is 9.89 Å². The maximum absolute atomic E-state index is 13.6. The van der Waals surface area contributed by atoms with Gasteiger partial charge >= 0.3 is 5.97 Å². The number of halogens is 1. The van der Waals surface area contributed by atoms with E-state index < -0.39 is 12.0 Å². The first-order valence-corrected chi connectivity index (χ1v) is 13.2. The smallest absolute Gasteiger partial charge is 0.338 e. The summed E-state index contributed by atoms with van der Waals surface area (Å²) in [5.41, 5.74) is 1.46. The number of fused-ring (bicyclic) bond motifs is 1.